The lowest BCUT2D eigenvalue weighted by Crippen LogP contribution is -2.29. The molecule has 1 heterocycles. The molecule has 0 aromatic heterocycles. The summed E-state index contributed by atoms with van der Waals surface area (Å²) in [5, 5.41) is 9.39. The van der Waals surface area contributed by atoms with Gasteiger partial charge >= 0.3 is 5.97 Å². The van der Waals surface area contributed by atoms with Crippen LogP contribution in [0.3, 0.4) is 0 Å². The minimum absolute atomic E-state index is 0.0551. The Balaban J connectivity index is 2.33. The molecule has 1 aromatic rings. The predicted octanol–water partition coefficient (Wildman–Crippen LogP) is 2.64. The third kappa shape index (κ3) is 2.78. The number of carboxylic acid groups (broad SMARTS) is 1. The Kier molecular flexibility index (Phi) is 3.90. The van der Waals surface area contributed by atoms with Crippen molar-refractivity contribution in [1.82, 2.24) is 4.90 Å². The number of rotatable bonds is 3. The van der Waals surface area contributed by atoms with Gasteiger partial charge in [0.15, 0.2) is 0 Å². The van der Waals surface area contributed by atoms with E-state index < -0.39 is 11.9 Å². The van der Waals surface area contributed by atoms with E-state index in [-0.39, 0.29) is 11.7 Å². The number of hydrogen-bond acceptors (Lipinski definition) is 2. The highest BCUT2D eigenvalue weighted by Gasteiger charge is 2.39. The molecule has 0 amide bonds. The maximum atomic E-state index is 13.2. The lowest BCUT2D eigenvalue weighted by molar-refractivity contribution is -0.141. The SMILES string of the molecule is Cc1cc(F)ccc1C1CN(C(C)C)CC1C(=O)O. The number of halogens is 1. The number of carboxylic acids is 1. The molecule has 0 bridgehead atoms. The molecule has 3 nitrogen and oxygen atoms in total. The number of hydrogen-bond donors (Lipinski definition) is 1. The van der Waals surface area contributed by atoms with Gasteiger partial charge in [-0.3, -0.25) is 9.69 Å². The summed E-state index contributed by atoms with van der Waals surface area (Å²) in [5.41, 5.74) is 1.79. The van der Waals surface area contributed by atoms with Gasteiger partial charge in [0.25, 0.3) is 0 Å². The van der Waals surface area contributed by atoms with Gasteiger partial charge in [-0.05, 0) is 44.0 Å². The molecule has 1 fully saturated rings. The fourth-order valence-electron chi connectivity index (χ4n) is 2.88. The molecule has 0 spiro atoms. The van der Waals surface area contributed by atoms with Crippen molar-refractivity contribution in [2.24, 2.45) is 5.92 Å². The molecule has 4 heteroatoms. The Labute approximate surface area is 113 Å². The van der Waals surface area contributed by atoms with Gasteiger partial charge in [-0.2, -0.15) is 0 Å². The topological polar surface area (TPSA) is 40.5 Å². The van der Waals surface area contributed by atoms with Crippen molar-refractivity contribution in [2.75, 3.05) is 13.1 Å². The Hall–Kier alpha value is -1.42. The van der Waals surface area contributed by atoms with Gasteiger partial charge in [-0.15, -0.1) is 0 Å². The van der Waals surface area contributed by atoms with Crippen molar-refractivity contribution in [3.05, 3.63) is 35.1 Å². The molecule has 19 heavy (non-hydrogen) atoms. The van der Waals surface area contributed by atoms with Crippen LogP contribution < -0.4 is 0 Å². The number of aliphatic carboxylic acids is 1. The molecule has 1 N–H and O–H groups in total. The van der Waals surface area contributed by atoms with Crippen LogP contribution in [0.4, 0.5) is 4.39 Å². The Bertz CT molecular complexity index is 487. The summed E-state index contributed by atoms with van der Waals surface area (Å²) in [7, 11) is 0. The Morgan fingerprint density at radius 2 is 2.11 bits per heavy atom. The first-order valence-electron chi connectivity index (χ1n) is 6.63. The molecule has 0 aliphatic carbocycles. The Morgan fingerprint density at radius 1 is 1.42 bits per heavy atom. The molecule has 0 radical (unpaired) electrons. The Morgan fingerprint density at radius 3 is 2.63 bits per heavy atom. The van der Waals surface area contributed by atoms with Crippen LogP contribution >= 0.6 is 0 Å². The zero-order valence-corrected chi connectivity index (χ0v) is 11.6. The first-order valence-corrected chi connectivity index (χ1v) is 6.63. The van der Waals surface area contributed by atoms with Crippen molar-refractivity contribution < 1.29 is 14.3 Å². The van der Waals surface area contributed by atoms with Gasteiger partial charge in [0.1, 0.15) is 5.82 Å². The van der Waals surface area contributed by atoms with E-state index in [2.05, 4.69) is 18.7 Å². The molecule has 2 atom stereocenters. The number of aryl methyl sites for hydroxylation is 1. The van der Waals surface area contributed by atoms with E-state index in [0.717, 1.165) is 17.7 Å². The molecular formula is C15H20FNO2. The smallest absolute Gasteiger partial charge is 0.308 e. The lowest BCUT2D eigenvalue weighted by Gasteiger charge is -2.20. The van der Waals surface area contributed by atoms with Gasteiger partial charge in [0, 0.05) is 25.0 Å². The van der Waals surface area contributed by atoms with Crippen LogP contribution in [0.1, 0.15) is 30.9 Å². The summed E-state index contributed by atoms with van der Waals surface area (Å²) >= 11 is 0. The first-order chi connectivity index (χ1) is 8.90. The molecule has 2 unspecified atom stereocenters. The van der Waals surface area contributed by atoms with Crippen molar-refractivity contribution in [3.63, 3.8) is 0 Å². The normalized spacial score (nSPS) is 24.1. The van der Waals surface area contributed by atoms with Gasteiger partial charge in [0.2, 0.25) is 0 Å². The number of likely N-dealkylation sites (tertiary alicyclic amines) is 1. The van der Waals surface area contributed by atoms with E-state index in [1.807, 2.05) is 6.92 Å². The van der Waals surface area contributed by atoms with Crippen LogP contribution in [0.2, 0.25) is 0 Å². The van der Waals surface area contributed by atoms with Gasteiger partial charge in [0.05, 0.1) is 5.92 Å². The fraction of sp³-hybridized carbons (Fsp3) is 0.533. The van der Waals surface area contributed by atoms with Crippen molar-refractivity contribution in [1.29, 1.82) is 0 Å². The van der Waals surface area contributed by atoms with E-state index in [0.29, 0.717) is 12.6 Å². The van der Waals surface area contributed by atoms with E-state index in [1.165, 1.54) is 12.1 Å². The van der Waals surface area contributed by atoms with Crippen LogP contribution in [0.5, 0.6) is 0 Å². The monoisotopic (exact) mass is 265 g/mol. The average Bonchev–Trinajstić information content (AvgIpc) is 2.73. The van der Waals surface area contributed by atoms with Gasteiger partial charge in [-0.1, -0.05) is 6.07 Å². The quantitative estimate of drug-likeness (QED) is 0.913. The van der Waals surface area contributed by atoms with E-state index >= 15 is 0 Å². The zero-order valence-electron chi connectivity index (χ0n) is 11.6. The van der Waals surface area contributed by atoms with Crippen LogP contribution in [-0.2, 0) is 4.79 Å². The third-order valence-corrected chi connectivity index (χ3v) is 4.03. The third-order valence-electron chi connectivity index (χ3n) is 4.03. The second-order valence-corrected chi connectivity index (χ2v) is 5.60. The van der Waals surface area contributed by atoms with Crippen LogP contribution in [-0.4, -0.2) is 35.1 Å². The van der Waals surface area contributed by atoms with Crippen molar-refractivity contribution >= 4 is 5.97 Å². The van der Waals surface area contributed by atoms with Gasteiger partial charge in [-0.25, -0.2) is 4.39 Å². The number of nitrogens with zero attached hydrogens (tertiary/aromatic N) is 1. The highest BCUT2D eigenvalue weighted by atomic mass is 19.1. The summed E-state index contributed by atoms with van der Waals surface area (Å²) in [6.07, 6.45) is 0. The summed E-state index contributed by atoms with van der Waals surface area (Å²) in [6, 6.07) is 4.95. The minimum atomic E-state index is -0.767. The summed E-state index contributed by atoms with van der Waals surface area (Å²) in [4.78, 5) is 13.6. The maximum Gasteiger partial charge on any atom is 0.308 e. The molecule has 1 aliphatic heterocycles. The molecule has 104 valence electrons. The van der Waals surface area contributed by atoms with E-state index in [4.69, 9.17) is 0 Å². The number of carbonyl (C=O) groups is 1. The summed E-state index contributed by atoms with van der Waals surface area (Å²) in [6.45, 7) is 7.27. The predicted molar refractivity (Wildman–Crippen MR) is 71.7 cm³/mol. The summed E-state index contributed by atoms with van der Waals surface area (Å²) < 4.78 is 13.2. The molecule has 1 aliphatic rings. The lowest BCUT2D eigenvalue weighted by atomic mass is 9.86. The maximum absolute atomic E-state index is 13.2. The molecule has 1 saturated heterocycles. The minimum Gasteiger partial charge on any atom is -0.481 e. The molecule has 1 aromatic carbocycles. The first kappa shape index (κ1) is 14.0. The number of benzene rings is 1. The largest absolute Gasteiger partial charge is 0.481 e. The van der Waals surface area contributed by atoms with E-state index in [1.54, 1.807) is 6.07 Å². The fourth-order valence-corrected chi connectivity index (χ4v) is 2.88. The highest BCUT2D eigenvalue weighted by molar-refractivity contribution is 5.72. The van der Waals surface area contributed by atoms with Gasteiger partial charge < -0.3 is 5.11 Å². The second kappa shape index (κ2) is 5.29. The standard InChI is InChI=1S/C15H20FNO2/c1-9(2)17-7-13(14(8-17)15(18)19)12-5-4-11(16)6-10(12)3/h4-6,9,13-14H,7-8H2,1-3H3,(H,18,19). The van der Waals surface area contributed by atoms with Crippen LogP contribution in [0.25, 0.3) is 0 Å². The second-order valence-electron chi connectivity index (χ2n) is 5.60. The molecule has 0 saturated carbocycles. The van der Waals surface area contributed by atoms with Crippen molar-refractivity contribution in [2.45, 2.75) is 32.7 Å². The van der Waals surface area contributed by atoms with E-state index in [9.17, 15) is 14.3 Å². The van der Waals surface area contributed by atoms with Crippen molar-refractivity contribution in [3.8, 4) is 0 Å². The molecule has 2 rings (SSSR count). The average molecular weight is 265 g/mol. The van der Waals surface area contributed by atoms with Crippen LogP contribution in [0.15, 0.2) is 18.2 Å². The van der Waals surface area contributed by atoms with Crippen LogP contribution in [0, 0.1) is 18.7 Å². The zero-order chi connectivity index (χ0) is 14.2. The molecular weight excluding hydrogens is 245 g/mol. The highest BCUT2D eigenvalue weighted by Crippen LogP contribution is 2.35. The summed E-state index contributed by atoms with van der Waals surface area (Å²) in [5.74, 6) is -1.50.